The number of carboxylic acids is 1. The first-order valence-electron chi connectivity index (χ1n) is 7.30. The van der Waals surface area contributed by atoms with E-state index in [4.69, 9.17) is 5.11 Å². The molecule has 23 heavy (non-hydrogen) atoms. The van der Waals surface area contributed by atoms with Crippen molar-refractivity contribution in [2.75, 3.05) is 13.1 Å². The van der Waals surface area contributed by atoms with Crippen LogP contribution in [0.1, 0.15) is 22.5 Å². The number of hydrogen-bond donors (Lipinski definition) is 1. The molecule has 0 radical (unpaired) electrons. The molecule has 2 heterocycles. The summed E-state index contributed by atoms with van der Waals surface area (Å²) >= 11 is 3.42. The first-order valence-corrected chi connectivity index (χ1v) is 8.09. The molecule has 1 atom stereocenters. The Hall–Kier alpha value is -2.15. The van der Waals surface area contributed by atoms with Crippen LogP contribution in [0.25, 0.3) is 5.69 Å². The maximum absolute atomic E-state index is 12.6. The SMILES string of the molecule is Cc1c(C(=O)N2CC[C@@H](C(=O)O)C2)cnn1-c1cccc(Br)c1. The van der Waals surface area contributed by atoms with Crippen LogP contribution < -0.4 is 0 Å². The zero-order valence-electron chi connectivity index (χ0n) is 12.6. The third-order valence-electron chi connectivity index (χ3n) is 4.12. The largest absolute Gasteiger partial charge is 0.481 e. The van der Waals surface area contributed by atoms with Crippen LogP contribution in [0.15, 0.2) is 34.9 Å². The average molecular weight is 378 g/mol. The first kappa shape index (κ1) is 15.7. The molecule has 0 aliphatic carbocycles. The fraction of sp³-hybridized carbons (Fsp3) is 0.312. The van der Waals surface area contributed by atoms with Gasteiger partial charge in [-0.1, -0.05) is 22.0 Å². The predicted octanol–water partition coefficient (Wildman–Crippen LogP) is 2.49. The van der Waals surface area contributed by atoms with E-state index in [-0.39, 0.29) is 12.5 Å². The highest BCUT2D eigenvalue weighted by atomic mass is 79.9. The number of benzene rings is 1. The molecular formula is C16H16BrN3O3. The number of carboxylic acid groups (broad SMARTS) is 1. The summed E-state index contributed by atoms with van der Waals surface area (Å²) in [5, 5.41) is 13.4. The molecule has 1 aromatic carbocycles. The molecule has 0 spiro atoms. The zero-order valence-corrected chi connectivity index (χ0v) is 14.2. The normalized spacial score (nSPS) is 17.5. The maximum atomic E-state index is 12.6. The van der Waals surface area contributed by atoms with Crippen LogP contribution in [0.3, 0.4) is 0 Å². The highest BCUT2D eigenvalue weighted by Gasteiger charge is 2.32. The van der Waals surface area contributed by atoms with Crippen molar-refractivity contribution in [3.05, 3.63) is 46.2 Å². The Morgan fingerprint density at radius 1 is 1.39 bits per heavy atom. The Morgan fingerprint density at radius 3 is 2.83 bits per heavy atom. The molecule has 1 aromatic heterocycles. The number of carbonyl (C=O) groups excluding carboxylic acids is 1. The number of rotatable bonds is 3. The first-order chi connectivity index (χ1) is 11.0. The Balaban J connectivity index is 1.85. The molecule has 6 nitrogen and oxygen atoms in total. The average Bonchev–Trinajstić information content (AvgIpc) is 3.13. The smallest absolute Gasteiger partial charge is 0.308 e. The fourth-order valence-corrected chi connectivity index (χ4v) is 3.19. The van der Waals surface area contributed by atoms with Crippen molar-refractivity contribution in [3.8, 4) is 5.69 Å². The van der Waals surface area contributed by atoms with Gasteiger partial charge < -0.3 is 10.0 Å². The minimum atomic E-state index is -0.846. The summed E-state index contributed by atoms with van der Waals surface area (Å²) in [5.74, 6) is -1.48. The molecule has 0 bridgehead atoms. The second kappa shape index (κ2) is 6.16. The highest BCUT2D eigenvalue weighted by Crippen LogP contribution is 2.22. The van der Waals surface area contributed by atoms with Crippen LogP contribution in [-0.4, -0.2) is 44.8 Å². The van der Waals surface area contributed by atoms with Crippen molar-refractivity contribution in [1.29, 1.82) is 0 Å². The van der Waals surface area contributed by atoms with E-state index in [2.05, 4.69) is 21.0 Å². The fourth-order valence-electron chi connectivity index (χ4n) is 2.80. The highest BCUT2D eigenvalue weighted by molar-refractivity contribution is 9.10. The summed E-state index contributed by atoms with van der Waals surface area (Å²) in [6.45, 7) is 2.57. The monoisotopic (exact) mass is 377 g/mol. The quantitative estimate of drug-likeness (QED) is 0.891. The van der Waals surface area contributed by atoms with Gasteiger partial charge in [-0.3, -0.25) is 9.59 Å². The lowest BCUT2D eigenvalue weighted by Crippen LogP contribution is -2.30. The minimum Gasteiger partial charge on any atom is -0.481 e. The van der Waals surface area contributed by atoms with E-state index in [1.807, 2.05) is 31.2 Å². The van der Waals surface area contributed by atoms with Gasteiger partial charge >= 0.3 is 5.97 Å². The molecule has 1 aliphatic rings. The Kier molecular flexibility index (Phi) is 4.21. The van der Waals surface area contributed by atoms with Crippen molar-refractivity contribution < 1.29 is 14.7 Å². The van der Waals surface area contributed by atoms with Crippen molar-refractivity contribution in [2.45, 2.75) is 13.3 Å². The Labute approximate surface area is 141 Å². The van der Waals surface area contributed by atoms with Crippen molar-refractivity contribution in [2.24, 2.45) is 5.92 Å². The number of amides is 1. The molecule has 3 rings (SSSR count). The molecule has 1 saturated heterocycles. The van der Waals surface area contributed by atoms with Gasteiger partial charge in [-0.15, -0.1) is 0 Å². The van der Waals surface area contributed by atoms with E-state index >= 15 is 0 Å². The summed E-state index contributed by atoms with van der Waals surface area (Å²) < 4.78 is 2.64. The van der Waals surface area contributed by atoms with Gasteiger partial charge in [0.2, 0.25) is 0 Å². The number of likely N-dealkylation sites (tertiary alicyclic amines) is 1. The Morgan fingerprint density at radius 2 is 2.17 bits per heavy atom. The van der Waals surface area contributed by atoms with Gasteiger partial charge in [-0.25, -0.2) is 4.68 Å². The molecule has 2 aromatic rings. The summed E-state index contributed by atoms with van der Waals surface area (Å²) in [6.07, 6.45) is 2.05. The molecule has 1 fully saturated rings. The van der Waals surface area contributed by atoms with E-state index in [1.54, 1.807) is 15.8 Å². The predicted molar refractivity (Wildman–Crippen MR) is 87.6 cm³/mol. The van der Waals surface area contributed by atoms with E-state index in [1.165, 1.54) is 0 Å². The van der Waals surface area contributed by atoms with E-state index < -0.39 is 11.9 Å². The minimum absolute atomic E-state index is 0.160. The summed E-state index contributed by atoms with van der Waals surface area (Å²) in [6, 6.07) is 7.66. The molecule has 120 valence electrons. The second-order valence-electron chi connectivity index (χ2n) is 5.61. The molecule has 1 N–H and O–H groups in total. The van der Waals surface area contributed by atoms with E-state index in [0.717, 1.165) is 15.9 Å². The van der Waals surface area contributed by atoms with Gasteiger partial charge in [0.1, 0.15) is 0 Å². The van der Waals surface area contributed by atoms with Gasteiger partial charge in [0.25, 0.3) is 5.91 Å². The lowest BCUT2D eigenvalue weighted by molar-refractivity contribution is -0.141. The van der Waals surface area contributed by atoms with Crippen molar-refractivity contribution in [1.82, 2.24) is 14.7 Å². The third kappa shape index (κ3) is 3.01. The summed E-state index contributed by atoms with van der Waals surface area (Å²) in [7, 11) is 0. The van der Waals surface area contributed by atoms with Crippen LogP contribution in [-0.2, 0) is 4.79 Å². The van der Waals surface area contributed by atoms with E-state index in [0.29, 0.717) is 18.5 Å². The lowest BCUT2D eigenvalue weighted by Gasteiger charge is -2.15. The third-order valence-corrected chi connectivity index (χ3v) is 4.61. The van der Waals surface area contributed by atoms with Crippen LogP contribution in [0.4, 0.5) is 0 Å². The van der Waals surface area contributed by atoms with Gasteiger partial charge in [-0.2, -0.15) is 5.10 Å². The number of halogens is 1. The number of aromatic nitrogens is 2. The number of aliphatic carboxylic acids is 1. The topological polar surface area (TPSA) is 75.4 Å². The zero-order chi connectivity index (χ0) is 16.6. The molecule has 1 aliphatic heterocycles. The summed E-state index contributed by atoms with van der Waals surface area (Å²) in [5.41, 5.74) is 2.11. The Bertz CT molecular complexity index is 772. The molecule has 7 heteroatoms. The molecular weight excluding hydrogens is 362 g/mol. The van der Waals surface area contributed by atoms with Gasteiger partial charge in [-0.05, 0) is 31.5 Å². The van der Waals surface area contributed by atoms with Crippen LogP contribution >= 0.6 is 15.9 Å². The van der Waals surface area contributed by atoms with Crippen molar-refractivity contribution >= 4 is 27.8 Å². The standard InChI is InChI=1S/C16H16BrN3O3/c1-10-14(15(21)19-6-5-11(9-19)16(22)23)8-18-20(10)13-4-2-3-12(17)7-13/h2-4,7-8,11H,5-6,9H2,1H3,(H,22,23)/t11-/m1/s1. The number of carbonyl (C=O) groups is 2. The number of nitrogens with zero attached hydrogens (tertiary/aromatic N) is 3. The molecule has 0 saturated carbocycles. The lowest BCUT2D eigenvalue weighted by atomic mass is 10.1. The second-order valence-corrected chi connectivity index (χ2v) is 6.53. The van der Waals surface area contributed by atoms with Gasteiger partial charge in [0, 0.05) is 17.6 Å². The molecule has 0 unspecified atom stereocenters. The van der Waals surface area contributed by atoms with E-state index in [9.17, 15) is 9.59 Å². The summed E-state index contributed by atoms with van der Waals surface area (Å²) in [4.78, 5) is 25.2. The van der Waals surface area contributed by atoms with Crippen LogP contribution in [0, 0.1) is 12.8 Å². The maximum Gasteiger partial charge on any atom is 0.308 e. The van der Waals surface area contributed by atoms with Gasteiger partial charge in [0.15, 0.2) is 0 Å². The van der Waals surface area contributed by atoms with Gasteiger partial charge in [0.05, 0.1) is 29.1 Å². The van der Waals surface area contributed by atoms with Crippen LogP contribution in [0.5, 0.6) is 0 Å². The molecule has 1 amide bonds. The van der Waals surface area contributed by atoms with Crippen LogP contribution in [0.2, 0.25) is 0 Å². The number of hydrogen-bond acceptors (Lipinski definition) is 3. The van der Waals surface area contributed by atoms with Crippen molar-refractivity contribution in [3.63, 3.8) is 0 Å².